The largest absolute Gasteiger partial charge is 0.490 e. The Kier molecular flexibility index (Phi) is 5.36. The van der Waals surface area contributed by atoms with E-state index < -0.39 is 0 Å². The van der Waals surface area contributed by atoms with Crippen molar-refractivity contribution >= 4 is 27.6 Å². The summed E-state index contributed by atoms with van der Waals surface area (Å²) in [6, 6.07) is 17.5. The lowest BCUT2D eigenvalue weighted by Gasteiger charge is -2.04. The molecule has 0 saturated heterocycles. The van der Waals surface area contributed by atoms with E-state index in [4.69, 9.17) is 4.74 Å². The SMILES string of the molecule is C=CCOc1cccc(C=C(C#N)c2ccc(Br)cc2)c1. The first-order valence-corrected chi connectivity index (χ1v) is 7.23. The fraction of sp³-hybridized carbons (Fsp3) is 0.0556. The third-order valence-corrected chi connectivity index (χ3v) is 3.34. The minimum absolute atomic E-state index is 0.463. The van der Waals surface area contributed by atoms with Crippen LogP contribution in [0.3, 0.4) is 0 Å². The summed E-state index contributed by atoms with van der Waals surface area (Å²) in [5, 5.41) is 9.35. The molecule has 0 N–H and O–H groups in total. The Morgan fingerprint density at radius 2 is 2.00 bits per heavy atom. The predicted octanol–water partition coefficient (Wildman–Crippen LogP) is 5.08. The van der Waals surface area contributed by atoms with Crippen LogP contribution in [-0.4, -0.2) is 6.61 Å². The Morgan fingerprint density at radius 1 is 1.24 bits per heavy atom. The number of hydrogen-bond acceptors (Lipinski definition) is 2. The van der Waals surface area contributed by atoms with E-state index in [-0.39, 0.29) is 0 Å². The second-order valence-corrected chi connectivity index (χ2v) is 5.26. The molecule has 0 atom stereocenters. The molecule has 0 amide bonds. The molecule has 2 nitrogen and oxygen atoms in total. The molecular weight excluding hydrogens is 326 g/mol. The fourth-order valence-electron chi connectivity index (χ4n) is 1.83. The number of benzene rings is 2. The maximum Gasteiger partial charge on any atom is 0.120 e. The highest BCUT2D eigenvalue weighted by Crippen LogP contribution is 2.22. The highest BCUT2D eigenvalue weighted by molar-refractivity contribution is 9.10. The standard InChI is InChI=1S/C18H14BrNO/c1-2-10-21-18-5-3-4-14(12-18)11-16(13-20)15-6-8-17(19)9-7-15/h2-9,11-12H,1,10H2. The van der Waals surface area contributed by atoms with Gasteiger partial charge in [0.15, 0.2) is 0 Å². The van der Waals surface area contributed by atoms with Crippen molar-refractivity contribution in [3.05, 3.63) is 76.8 Å². The zero-order valence-corrected chi connectivity index (χ0v) is 13.0. The number of nitrogens with zero attached hydrogens (tertiary/aromatic N) is 1. The average Bonchev–Trinajstić information content (AvgIpc) is 2.52. The molecule has 0 bridgehead atoms. The molecule has 0 radical (unpaired) electrons. The molecule has 0 aliphatic carbocycles. The summed E-state index contributed by atoms with van der Waals surface area (Å²) in [5.41, 5.74) is 2.43. The highest BCUT2D eigenvalue weighted by Gasteiger charge is 2.02. The molecule has 0 unspecified atom stereocenters. The van der Waals surface area contributed by atoms with E-state index in [1.165, 1.54) is 0 Å². The molecule has 0 fully saturated rings. The van der Waals surface area contributed by atoms with Crippen molar-refractivity contribution in [3.63, 3.8) is 0 Å². The van der Waals surface area contributed by atoms with Crippen molar-refractivity contribution in [1.29, 1.82) is 5.26 Å². The lowest BCUT2D eigenvalue weighted by atomic mass is 10.0. The smallest absolute Gasteiger partial charge is 0.120 e. The van der Waals surface area contributed by atoms with Crippen molar-refractivity contribution < 1.29 is 4.74 Å². The Balaban J connectivity index is 2.29. The van der Waals surface area contributed by atoms with Gasteiger partial charge in [0.05, 0.1) is 11.6 Å². The van der Waals surface area contributed by atoms with Crippen molar-refractivity contribution in [2.24, 2.45) is 0 Å². The molecular formula is C18H14BrNO. The Labute approximate surface area is 133 Å². The van der Waals surface area contributed by atoms with Gasteiger partial charge in [0.25, 0.3) is 0 Å². The second kappa shape index (κ2) is 7.47. The van der Waals surface area contributed by atoms with Gasteiger partial charge in [0.2, 0.25) is 0 Å². The van der Waals surface area contributed by atoms with E-state index in [1.807, 2.05) is 54.6 Å². The summed E-state index contributed by atoms with van der Waals surface area (Å²) in [5.74, 6) is 0.761. The Morgan fingerprint density at radius 3 is 2.67 bits per heavy atom. The van der Waals surface area contributed by atoms with Gasteiger partial charge >= 0.3 is 0 Å². The summed E-state index contributed by atoms with van der Waals surface area (Å²) >= 11 is 3.39. The number of nitriles is 1. The van der Waals surface area contributed by atoms with E-state index in [0.29, 0.717) is 12.2 Å². The van der Waals surface area contributed by atoms with Crippen molar-refractivity contribution in [2.45, 2.75) is 0 Å². The van der Waals surface area contributed by atoms with Crippen LogP contribution < -0.4 is 4.74 Å². The molecule has 0 aromatic heterocycles. The highest BCUT2D eigenvalue weighted by atomic mass is 79.9. The van der Waals surface area contributed by atoms with E-state index in [1.54, 1.807) is 6.08 Å². The van der Waals surface area contributed by atoms with Crippen LogP contribution in [0.5, 0.6) is 5.75 Å². The number of ether oxygens (including phenoxy) is 1. The van der Waals surface area contributed by atoms with Gasteiger partial charge < -0.3 is 4.74 Å². The molecule has 0 spiro atoms. The first-order valence-electron chi connectivity index (χ1n) is 6.44. The fourth-order valence-corrected chi connectivity index (χ4v) is 2.09. The molecule has 2 aromatic rings. The summed E-state index contributed by atoms with van der Waals surface area (Å²) in [6.45, 7) is 4.09. The predicted molar refractivity (Wildman–Crippen MR) is 89.8 cm³/mol. The van der Waals surface area contributed by atoms with Crippen LogP contribution >= 0.6 is 15.9 Å². The van der Waals surface area contributed by atoms with Gasteiger partial charge in [-0.15, -0.1) is 0 Å². The summed E-state index contributed by atoms with van der Waals surface area (Å²) < 4.78 is 6.49. The van der Waals surface area contributed by atoms with Crippen LogP contribution in [0.25, 0.3) is 11.6 Å². The van der Waals surface area contributed by atoms with Gasteiger partial charge in [-0.05, 0) is 41.5 Å². The lowest BCUT2D eigenvalue weighted by Crippen LogP contribution is -1.92. The van der Waals surface area contributed by atoms with E-state index in [0.717, 1.165) is 21.3 Å². The van der Waals surface area contributed by atoms with Crippen LogP contribution in [-0.2, 0) is 0 Å². The molecule has 3 heteroatoms. The lowest BCUT2D eigenvalue weighted by molar-refractivity contribution is 0.363. The minimum Gasteiger partial charge on any atom is -0.490 e. The molecule has 2 aromatic carbocycles. The summed E-state index contributed by atoms with van der Waals surface area (Å²) in [4.78, 5) is 0. The van der Waals surface area contributed by atoms with Gasteiger partial charge in [-0.25, -0.2) is 0 Å². The zero-order chi connectivity index (χ0) is 15.1. The Bertz CT molecular complexity index is 696. The third-order valence-electron chi connectivity index (χ3n) is 2.81. The van der Waals surface area contributed by atoms with Gasteiger partial charge in [-0.1, -0.05) is 52.9 Å². The number of hydrogen-bond donors (Lipinski definition) is 0. The zero-order valence-electron chi connectivity index (χ0n) is 11.4. The van der Waals surface area contributed by atoms with Crippen molar-refractivity contribution in [1.82, 2.24) is 0 Å². The molecule has 0 saturated carbocycles. The van der Waals surface area contributed by atoms with Crippen molar-refractivity contribution in [3.8, 4) is 11.8 Å². The van der Waals surface area contributed by atoms with E-state index >= 15 is 0 Å². The van der Waals surface area contributed by atoms with E-state index in [9.17, 15) is 5.26 Å². The minimum atomic E-state index is 0.463. The maximum absolute atomic E-state index is 9.35. The molecule has 21 heavy (non-hydrogen) atoms. The topological polar surface area (TPSA) is 33.0 Å². The van der Waals surface area contributed by atoms with Gasteiger partial charge in [-0.3, -0.25) is 0 Å². The molecule has 104 valence electrons. The third kappa shape index (κ3) is 4.34. The number of rotatable bonds is 5. The quantitative estimate of drug-likeness (QED) is 0.432. The van der Waals surface area contributed by atoms with Crippen LogP contribution in [0.4, 0.5) is 0 Å². The summed E-state index contributed by atoms with van der Waals surface area (Å²) in [6.07, 6.45) is 3.55. The second-order valence-electron chi connectivity index (χ2n) is 4.35. The number of allylic oxidation sites excluding steroid dienone is 1. The van der Waals surface area contributed by atoms with Gasteiger partial charge in [0, 0.05) is 4.47 Å². The van der Waals surface area contributed by atoms with Gasteiger partial charge in [-0.2, -0.15) is 5.26 Å². The van der Waals surface area contributed by atoms with Gasteiger partial charge in [0.1, 0.15) is 12.4 Å². The van der Waals surface area contributed by atoms with Crippen LogP contribution in [0.15, 0.2) is 65.7 Å². The maximum atomic E-state index is 9.35. The van der Waals surface area contributed by atoms with Crippen LogP contribution in [0, 0.1) is 11.3 Å². The average molecular weight is 340 g/mol. The molecule has 0 aliphatic heterocycles. The number of halogens is 1. The van der Waals surface area contributed by atoms with E-state index in [2.05, 4.69) is 28.6 Å². The normalized spacial score (nSPS) is 10.8. The molecule has 0 aliphatic rings. The Hall–Kier alpha value is -2.31. The van der Waals surface area contributed by atoms with Crippen LogP contribution in [0.1, 0.15) is 11.1 Å². The van der Waals surface area contributed by atoms with Crippen molar-refractivity contribution in [2.75, 3.05) is 6.61 Å². The molecule has 2 rings (SSSR count). The monoisotopic (exact) mass is 339 g/mol. The first-order chi connectivity index (χ1) is 10.2. The molecule has 0 heterocycles. The summed E-state index contributed by atoms with van der Waals surface area (Å²) in [7, 11) is 0. The van der Waals surface area contributed by atoms with Crippen LogP contribution in [0.2, 0.25) is 0 Å². The first kappa shape index (κ1) is 15.1.